The third kappa shape index (κ3) is 3.84. The lowest BCUT2D eigenvalue weighted by Crippen LogP contribution is -2.45. The van der Waals surface area contributed by atoms with Gasteiger partial charge in [-0.25, -0.2) is 4.68 Å². The van der Waals surface area contributed by atoms with Gasteiger partial charge >= 0.3 is 0 Å². The van der Waals surface area contributed by atoms with Crippen LogP contribution in [0.3, 0.4) is 0 Å². The van der Waals surface area contributed by atoms with Crippen LogP contribution >= 0.6 is 23.2 Å². The van der Waals surface area contributed by atoms with E-state index in [4.69, 9.17) is 27.9 Å². The van der Waals surface area contributed by atoms with E-state index in [9.17, 15) is 4.79 Å². The van der Waals surface area contributed by atoms with Gasteiger partial charge in [-0.2, -0.15) is 5.10 Å². The lowest BCUT2D eigenvalue weighted by atomic mass is 10.2. The zero-order valence-corrected chi connectivity index (χ0v) is 13.8. The third-order valence-electron chi connectivity index (χ3n) is 3.54. The fourth-order valence-corrected chi connectivity index (χ4v) is 2.72. The van der Waals surface area contributed by atoms with E-state index in [1.165, 1.54) is 0 Å². The number of hydrogen-bond acceptors (Lipinski definition) is 4. The number of aromatic nitrogens is 2. The summed E-state index contributed by atoms with van der Waals surface area (Å²) in [7, 11) is 0. The molecule has 1 atom stereocenters. The number of carbonyl (C=O) groups excluding carboxylic acids is 1. The maximum atomic E-state index is 12.2. The fourth-order valence-electron chi connectivity index (χ4n) is 2.34. The van der Waals surface area contributed by atoms with Crippen molar-refractivity contribution in [1.82, 2.24) is 15.1 Å². The summed E-state index contributed by atoms with van der Waals surface area (Å²) in [6.45, 7) is 2.19. The largest absolute Gasteiger partial charge is 0.366 e. The number of benzene rings is 1. The highest BCUT2D eigenvalue weighted by Crippen LogP contribution is 2.26. The van der Waals surface area contributed by atoms with E-state index in [0.717, 1.165) is 12.1 Å². The van der Waals surface area contributed by atoms with Gasteiger partial charge in [0, 0.05) is 19.2 Å². The summed E-state index contributed by atoms with van der Waals surface area (Å²) >= 11 is 12.2. The van der Waals surface area contributed by atoms with E-state index in [-0.39, 0.29) is 5.91 Å². The Kier molecular flexibility index (Phi) is 5.17. The molecule has 2 N–H and O–H groups in total. The summed E-state index contributed by atoms with van der Waals surface area (Å²) < 4.78 is 7.10. The van der Waals surface area contributed by atoms with Gasteiger partial charge in [0.2, 0.25) is 0 Å². The zero-order valence-electron chi connectivity index (χ0n) is 12.3. The van der Waals surface area contributed by atoms with Gasteiger partial charge < -0.3 is 15.4 Å². The third-order valence-corrected chi connectivity index (χ3v) is 4.40. The second-order valence-electron chi connectivity index (χ2n) is 5.14. The number of amides is 1. The highest BCUT2D eigenvalue weighted by atomic mass is 35.5. The lowest BCUT2D eigenvalue weighted by Gasteiger charge is -2.22. The van der Waals surface area contributed by atoms with Crippen molar-refractivity contribution in [1.29, 1.82) is 0 Å². The standard InChI is InChI=1S/C15H16Cl2N4O2/c16-11-3-1-2-10(14(11)17)9-21-13(4-5-19-21)20-15(22)12-8-18-6-7-23-12/h1-5,12,18H,6-9H2,(H,20,22)/t12-/m0/s1. The summed E-state index contributed by atoms with van der Waals surface area (Å²) in [5.74, 6) is 0.386. The van der Waals surface area contributed by atoms with Crippen molar-refractivity contribution in [3.63, 3.8) is 0 Å². The van der Waals surface area contributed by atoms with E-state index in [2.05, 4.69) is 15.7 Å². The summed E-state index contributed by atoms with van der Waals surface area (Å²) in [5, 5.41) is 11.2. The first-order valence-electron chi connectivity index (χ1n) is 7.23. The smallest absolute Gasteiger partial charge is 0.255 e. The number of anilines is 1. The predicted octanol–water partition coefficient (Wildman–Crippen LogP) is 2.17. The van der Waals surface area contributed by atoms with Gasteiger partial charge in [0.25, 0.3) is 5.91 Å². The van der Waals surface area contributed by atoms with Crippen LogP contribution < -0.4 is 10.6 Å². The molecule has 1 aromatic carbocycles. The number of nitrogens with one attached hydrogen (secondary N) is 2. The van der Waals surface area contributed by atoms with Gasteiger partial charge in [-0.1, -0.05) is 35.3 Å². The number of hydrogen-bond donors (Lipinski definition) is 2. The molecular weight excluding hydrogens is 339 g/mol. The summed E-state index contributed by atoms with van der Waals surface area (Å²) in [6.07, 6.45) is 1.12. The Morgan fingerprint density at radius 2 is 2.30 bits per heavy atom. The Balaban J connectivity index is 1.72. The Bertz CT molecular complexity index is 699. The van der Waals surface area contributed by atoms with Gasteiger partial charge in [-0.3, -0.25) is 4.79 Å². The van der Waals surface area contributed by atoms with Gasteiger partial charge in [-0.05, 0) is 11.6 Å². The maximum Gasteiger partial charge on any atom is 0.255 e. The molecule has 2 heterocycles. The Hall–Kier alpha value is -1.60. The van der Waals surface area contributed by atoms with Gasteiger partial charge in [-0.15, -0.1) is 0 Å². The second kappa shape index (κ2) is 7.31. The van der Waals surface area contributed by atoms with E-state index in [1.54, 1.807) is 23.0 Å². The van der Waals surface area contributed by atoms with Crippen LogP contribution in [0.25, 0.3) is 0 Å². The molecule has 6 nitrogen and oxygen atoms in total. The van der Waals surface area contributed by atoms with Crippen molar-refractivity contribution in [2.75, 3.05) is 25.0 Å². The first kappa shape index (κ1) is 16.3. The molecule has 0 bridgehead atoms. The van der Waals surface area contributed by atoms with Gasteiger partial charge in [0.1, 0.15) is 11.9 Å². The van der Waals surface area contributed by atoms with Crippen LogP contribution in [0.15, 0.2) is 30.5 Å². The molecule has 23 heavy (non-hydrogen) atoms. The van der Waals surface area contributed by atoms with Gasteiger partial charge in [0.05, 0.1) is 29.4 Å². The van der Waals surface area contributed by atoms with Crippen LogP contribution in [-0.2, 0) is 16.1 Å². The minimum atomic E-state index is -0.498. The molecule has 1 saturated heterocycles. The Morgan fingerprint density at radius 1 is 1.43 bits per heavy atom. The van der Waals surface area contributed by atoms with Crippen LogP contribution in [0, 0.1) is 0 Å². The number of morpholine rings is 1. The van der Waals surface area contributed by atoms with E-state index < -0.39 is 6.10 Å². The molecule has 1 aliphatic rings. The molecule has 1 fully saturated rings. The number of halogens is 2. The van der Waals surface area contributed by atoms with Crippen LogP contribution in [0.2, 0.25) is 10.0 Å². The van der Waals surface area contributed by atoms with Gasteiger partial charge in [0.15, 0.2) is 0 Å². The van der Waals surface area contributed by atoms with Crippen molar-refractivity contribution >= 4 is 34.9 Å². The molecule has 1 aromatic heterocycles. The molecule has 0 unspecified atom stereocenters. The Labute approximate surface area is 143 Å². The topological polar surface area (TPSA) is 68.2 Å². The molecule has 1 amide bonds. The van der Waals surface area contributed by atoms with Crippen molar-refractivity contribution in [2.45, 2.75) is 12.6 Å². The van der Waals surface area contributed by atoms with E-state index >= 15 is 0 Å². The molecule has 0 aliphatic carbocycles. The number of carbonyl (C=O) groups is 1. The average molecular weight is 355 g/mol. The summed E-state index contributed by atoms with van der Waals surface area (Å²) in [4.78, 5) is 12.2. The molecule has 0 spiro atoms. The van der Waals surface area contributed by atoms with Crippen LogP contribution in [-0.4, -0.2) is 41.5 Å². The molecule has 122 valence electrons. The summed E-state index contributed by atoms with van der Waals surface area (Å²) in [5.41, 5.74) is 0.828. The van der Waals surface area contributed by atoms with Crippen LogP contribution in [0.1, 0.15) is 5.56 Å². The molecular formula is C15H16Cl2N4O2. The first-order valence-corrected chi connectivity index (χ1v) is 7.98. The normalized spacial score (nSPS) is 17.9. The average Bonchev–Trinajstić information content (AvgIpc) is 2.99. The molecule has 1 aliphatic heterocycles. The molecule has 0 radical (unpaired) electrons. The quantitative estimate of drug-likeness (QED) is 0.882. The number of nitrogens with zero attached hydrogens (tertiary/aromatic N) is 2. The van der Waals surface area contributed by atoms with E-state index in [1.807, 2.05) is 12.1 Å². The minimum absolute atomic E-state index is 0.198. The van der Waals surface area contributed by atoms with Crippen LogP contribution in [0.4, 0.5) is 5.82 Å². The SMILES string of the molecule is O=C(Nc1ccnn1Cc1cccc(Cl)c1Cl)[C@@H]1CNCCO1. The van der Waals surface area contributed by atoms with Crippen LogP contribution in [0.5, 0.6) is 0 Å². The molecule has 2 aromatic rings. The molecule has 3 rings (SSSR count). The monoisotopic (exact) mass is 354 g/mol. The molecule has 8 heteroatoms. The Morgan fingerprint density at radius 3 is 3.09 bits per heavy atom. The second-order valence-corrected chi connectivity index (χ2v) is 5.93. The maximum absolute atomic E-state index is 12.2. The van der Waals surface area contributed by atoms with Crippen molar-refractivity contribution < 1.29 is 9.53 Å². The highest BCUT2D eigenvalue weighted by molar-refractivity contribution is 6.42. The summed E-state index contributed by atoms with van der Waals surface area (Å²) in [6, 6.07) is 7.15. The predicted molar refractivity (Wildman–Crippen MR) is 89.0 cm³/mol. The first-order chi connectivity index (χ1) is 11.1. The highest BCUT2D eigenvalue weighted by Gasteiger charge is 2.22. The van der Waals surface area contributed by atoms with E-state index in [0.29, 0.717) is 35.6 Å². The fraction of sp³-hybridized carbons (Fsp3) is 0.333. The minimum Gasteiger partial charge on any atom is -0.366 e. The zero-order chi connectivity index (χ0) is 16.2. The number of rotatable bonds is 4. The molecule has 0 saturated carbocycles. The van der Waals surface area contributed by atoms with Crippen molar-refractivity contribution in [2.24, 2.45) is 0 Å². The van der Waals surface area contributed by atoms with Crippen molar-refractivity contribution in [3.8, 4) is 0 Å². The van der Waals surface area contributed by atoms with Crippen molar-refractivity contribution in [3.05, 3.63) is 46.1 Å². The lowest BCUT2D eigenvalue weighted by molar-refractivity contribution is -0.128. The number of ether oxygens (including phenoxy) is 1.